The highest BCUT2D eigenvalue weighted by atomic mass is 16.5. The van der Waals surface area contributed by atoms with Gasteiger partial charge in [-0.3, -0.25) is 9.59 Å². The second kappa shape index (κ2) is 6.73. The Kier molecular flexibility index (Phi) is 4.67. The maximum Gasteiger partial charge on any atom is 0.285 e. The quantitative estimate of drug-likeness (QED) is 0.804. The van der Waals surface area contributed by atoms with E-state index in [1.54, 1.807) is 13.8 Å². The number of fused-ring (bicyclic) bond motifs is 1. The molecule has 3 rings (SSSR count). The summed E-state index contributed by atoms with van der Waals surface area (Å²) in [5.74, 6) is -0.128. The summed E-state index contributed by atoms with van der Waals surface area (Å²) in [5.41, 5.74) is 0.733. The summed E-state index contributed by atoms with van der Waals surface area (Å²) in [6.45, 7) is 4.39. The molecule has 0 radical (unpaired) electrons. The standard InChI is InChI=1S/C17H22N4O3/c1-11-12(2)19-21(17(23)13(11)9-18)10-16(22)20-7-8-24-15-6-4-3-5-14(15)20/h14-15H,3-8,10H2,1-2H3/t14-,15-/m1/s1. The number of hydrogen-bond donors (Lipinski definition) is 0. The molecule has 0 N–H and O–H groups in total. The zero-order chi connectivity index (χ0) is 17.3. The van der Waals surface area contributed by atoms with Crippen molar-refractivity contribution in [2.24, 2.45) is 0 Å². The maximum absolute atomic E-state index is 12.8. The highest BCUT2D eigenvalue weighted by Gasteiger charge is 2.36. The summed E-state index contributed by atoms with van der Waals surface area (Å²) in [6, 6.07) is 2.02. The van der Waals surface area contributed by atoms with Crippen molar-refractivity contribution in [2.75, 3.05) is 13.2 Å². The molecule has 2 heterocycles. The first-order valence-corrected chi connectivity index (χ1v) is 8.42. The topological polar surface area (TPSA) is 88.2 Å². The maximum atomic E-state index is 12.8. The molecule has 0 spiro atoms. The van der Waals surface area contributed by atoms with E-state index < -0.39 is 5.56 Å². The number of aryl methyl sites for hydroxylation is 1. The number of ether oxygens (including phenoxy) is 1. The van der Waals surface area contributed by atoms with Gasteiger partial charge in [0.1, 0.15) is 18.2 Å². The van der Waals surface area contributed by atoms with E-state index in [-0.39, 0.29) is 30.2 Å². The van der Waals surface area contributed by atoms with Crippen molar-refractivity contribution in [2.45, 2.75) is 58.2 Å². The Hall–Kier alpha value is -2.20. The van der Waals surface area contributed by atoms with Crippen LogP contribution in [0.25, 0.3) is 0 Å². The van der Waals surface area contributed by atoms with Gasteiger partial charge in [0.05, 0.1) is 24.4 Å². The summed E-state index contributed by atoms with van der Waals surface area (Å²) in [5, 5.41) is 13.4. The lowest BCUT2D eigenvalue weighted by Crippen LogP contribution is -2.56. The molecular formula is C17H22N4O3. The molecule has 0 unspecified atom stereocenters. The van der Waals surface area contributed by atoms with E-state index in [1.165, 1.54) is 0 Å². The number of carbonyl (C=O) groups excluding carboxylic acids is 1. The Balaban J connectivity index is 1.84. The molecular weight excluding hydrogens is 308 g/mol. The summed E-state index contributed by atoms with van der Waals surface area (Å²) < 4.78 is 6.91. The van der Waals surface area contributed by atoms with Gasteiger partial charge in [-0.05, 0) is 32.3 Å². The van der Waals surface area contributed by atoms with E-state index in [4.69, 9.17) is 4.74 Å². The second-order valence-corrected chi connectivity index (χ2v) is 6.51. The van der Waals surface area contributed by atoms with Crippen LogP contribution in [0.2, 0.25) is 0 Å². The van der Waals surface area contributed by atoms with Gasteiger partial charge in [0.25, 0.3) is 5.56 Å². The fraction of sp³-hybridized carbons (Fsp3) is 0.647. The van der Waals surface area contributed by atoms with Gasteiger partial charge in [0, 0.05) is 6.54 Å². The van der Waals surface area contributed by atoms with Crippen LogP contribution in [0.1, 0.15) is 42.5 Å². The second-order valence-electron chi connectivity index (χ2n) is 6.51. The van der Waals surface area contributed by atoms with Gasteiger partial charge < -0.3 is 9.64 Å². The minimum absolute atomic E-state index is 0.0628. The summed E-state index contributed by atoms with van der Waals surface area (Å²) in [6.07, 6.45) is 4.25. The first kappa shape index (κ1) is 16.7. The minimum atomic E-state index is -0.498. The fourth-order valence-corrected chi connectivity index (χ4v) is 3.64. The summed E-state index contributed by atoms with van der Waals surface area (Å²) in [4.78, 5) is 27.0. The van der Waals surface area contributed by atoms with Crippen LogP contribution >= 0.6 is 0 Å². The molecule has 0 aromatic carbocycles. The molecule has 1 saturated carbocycles. The third-order valence-corrected chi connectivity index (χ3v) is 5.09. The SMILES string of the molecule is Cc1nn(CC(=O)N2CCO[C@@H]3CCCC[C@H]32)c(=O)c(C#N)c1C. The predicted molar refractivity (Wildman–Crippen MR) is 86.4 cm³/mol. The van der Waals surface area contributed by atoms with Crippen LogP contribution in [0.4, 0.5) is 0 Å². The van der Waals surface area contributed by atoms with Crippen molar-refractivity contribution in [3.63, 3.8) is 0 Å². The fourth-order valence-electron chi connectivity index (χ4n) is 3.64. The van der Waals surface area contributed by atoms with Gasteiger partial charge in [0.15, 0.2) is 0 Å². The smallest absolute Gasteiger partial charge is 0.285 e. The molecule has 1 aliphatic heterocycles. The van der Waals surface area contributed by atoms with Gasteiger partial charge in [0.2, 0.25) is 5.91 Å². The third-order valence-electron chi connectivity index (χ3n) is 5.09. The zero-order valence-electron chi connectivity index (χ0n) is 14.1. The first-order chi connectivity index (χ1) is 11.5. The Morgan fingerprint density at radius 3 is 2.88 bits per heavy atom. The summed E-state index contributed by atoms with van der Waals surface area (Å²) in [7, 11) is 0. The van der Waals surface area contributed by atoms with Crippen LogP contribution in [0.3, 0.4) is 0 Å². The number of nitrogens with zero attached hydrogens (tertiary/aromatic N) is 4. The van der Waals surface area contributed by atoms with Crippen molar-refractivity contribution in [1.29, 1.82) is 5.26 Å². The number of rotatable bonds is 2. The first-order valence-electron chi connectivity index (χ1n) is 8.42. The number of amides is 1. The Bertz CT molecular complexity index is 747. The predicted octanol–water partition coefficient (Wildman–Crippen LogP) is 0.902. The van der Waals surface area contributed by atoms with Crippen molar-refractivity contribution in [3.8, 4) is 6.07 Å². The molecule has 7 heteroatoms. The van der Waals surface area contributed by atoms with E-state index in [0.29, 0.717) is 24.4 Å². The number of carbonyl (C=O) groups is 1. The number of nitriles is 1. The lowest BCUT2D eigenvalue weighted by Gasteiger charge is -2.43. The van der Waals surface area contributed by atoms with Crippen molar-refractivity contribution < 1.29 is 9.53 Å². The van der Waals surface area contributed by atoms with Crippen LogP contribution in [-0.4, -0.2) is 45.9 Å². The minimum Gasteiger partial charge on any atom is -0.374 e. The van der Waals surface area contributed by atoms with Crippen LogP contribution < -0.4 is 5.56 Å². The normalized spacial score (nSPS) is 23.5. The molecule has 1 aromatic heterocycles. The largest absolute Gasteiger partial charge is 0.374 e. The Morgan fingerprint density at radius 2 is 2.12 bits per heavy atom. The van der Waals surface area contributed by atoms with Crippen molar-refractivity contribution in [3.05, 3.63) is 27.2 Å². The number of morpholine rings is 1. The highest BCUT2D eigenvalue weighted by Crippen LogP contribution is 2.28. The monoisotopic (exact) mass is 330 g/mol. The van der Waals surface area contributed by atoms with E-state index >= 15 is 0 Å². The Labute approximate surface area is 140 Å². The van der Waals surface area contributed by atoms with E-state index in [2.05, 4.69) is 5.10 Å². The molecule has 1 saturated heterocycles. The molecule has 24 heavy (non-hydrogen) atoms. The highest BCUT2D eigenvalue weighted by molar-refractivity contribution is 5.76. The molecule has 2 aliphatic rings. The van der Waals surface area contributed by atoms with Gasteiger partial charge in [-0.2, -0.15) is 10.4 Å². The molecule has 7 nitrogen and oxygen atoms in total. The van der Waals surface area contributed by atoms with Crippen LogP contribution in [0, 0.1) is 25.2 Å². The Morgan fingerprint density at radius 1 is 1.38 bits per heavy atom. The van der Waals surface area contributed by atoms with Crippen LogP contribution in [0.15, 0.2) is 4.79 Å². The lowest BCUT2D eigenvalue weighted by molar-refractivity contribution is -0.150. The van der Waals surface area contributed by atoms with E-state index in [9.17, 15) is 14.9 Å². The van der Waals surface area contributed by atoms with Crippen LogP contribution in [0.5, 0.6) is 0 Å². The summed E-state index contributed by atoms with van der Waals surface area (Å²) >= 11 is 0. The molecule has 1 amide bonds. The van der Waals surface area contributed by atoms with Gasteiger partial charge in [-0.15, -0.1) is 0 Å². The lowest BCUT2D eigenvalue weighted by atomic mass is 9.90. The molecule has 2 fully saturated rings. The average molecular weight is 330 g/mol. The van der Waals surface area contributed by atoms with Gasteiger partial charge in [-0.25, -0.2) is 4.68 Å². The van der Waals surface area contributed by atoms with Crippen molar-refractivity contribution in [1.82, 2.24) is 14.7 Å². The van der Waals surface area contributed by atoms with Crippen LogP contribution in [-0.2, 0) is 16.1 Å². The zero-order valence-corrected chi connectivity index (χ0v) is 14.1. The molecule has 1 aliphatic carbocycles. The molecule has 0 bridgehead atoms. The average Bonchev–Trinajstić information content (AvgIpc) is 2.59. The number of aromatic nitrogens is 2. The van der Waals surface area contributed by atoms with Gasteiger partial charge in [-0.1, -0.05) is 12.8 Å². The third kappa shape index (κ3) is 2.94. The molecule has 128 valence electrons. The molecule has 2 atom stereocenters. The van der Waals surface area contributed by atoms with Gasteiger partial charge >= 0.3 is 0 Å². The number of hydrogen-bond acceptors (Lipinski definition) is 5. The molecule has 1 aromatic rings. The van der Waals surface area contributed by atoms with E-state index in [0.717, 1.165) is 30.4 Å². The van der Waals surface area contributed by atoms with E-state index in [1.807, 2.05) is 11.0 Å². The van der Waals surface area contributed by atoms with Crippen molar-refractivity contribution >= 4 is 5.91 Å².